The van der Waals surface area contributed by atoms with E-state index >= 15 is 0 Å². The van der Waals surface area contributed by atoms with Crippen LogP contribution < -0.4 is 0 Å². The van der Waals surface area contributed by atoms with Gasteiger partial charge in [-0.25, -0.2) is 9.59 Å². The van der Waals surface area contributed by atoms with Crippen LogP contribution in [0.15, 0.2) is 23.5 Å². The lowest BCUT2D eigenvalue weighted by Gasteiger charge is -2.43. The molecule has 12 nitrogen and oxygen atoms in total. The molecule has 0 saturated carbocycles. The highest BCUT2D eigenvalue weighted by molar-refractivity contribution is 8.12. The van der Waals surface area contributed by atoms with Gasteiger partial charge < -0.3 is 49.6 Å². The van der Waals surface area contributed by atoms with Crippen LogP contribution in [0.5, 0.6) is 0 Å². The van der Waals surface area contributed by atoms with Gasteiger partial charge >= 0.3 is 11.3 Å². The normalized spacial score (nSPS) is 39.7. The highest BCUT2D eigenvalue weighted by atomic mass is 32.2. The highest BCUT2D eigenvalue weighted by Crippen LogP contribution is 2.44. The van der Waals surface area contributed by atoms with Crippen LogP contribution in [0.4, 0.5) is 4.79 Å². The smallest absolute Gasteiger partial charge is 0.367 e. The van der Waals surface area contributed by atoms with E-state index in [9.17, 15) is 40.2 Å². The average Bonchev–Trinajstić information content (AvgIpc) is 3.09. The van der Waals surface area contributed by atoms with Gasteiger partial charge in [0.15, 0.2) is 6.29 Å². The maximum absolute atomic E-state index is 11.6. The Balaban J connectivity index is 1.84. The molecule has 0 radical (unpaired) electrons. The number of carboxylic acid groups (broad SMARTS) is 1. The lowest BCUT2D eigenvalue weighted by Crippen LogP contribution is -2.60. The third-order valence-corrected chi connectivity index (χ3v) is 5.89. The zero-order chi connectivity index (χ0) is 22.9. The van der Waals surface area contributed by atoms with Gasteiger partial charge in [0, 0.05) is 5.92 Å². The van der Waals surface area contributed by atoms with Crippen LogP contribution in [0, 0.1) is 11.8 Å². The standard InChI is InChI=1S/C18H24O12S/c1-31-18(26)28-4-6-2-8(20)11-7(15(24)25)5-27-16(10(6)11)30-17-14(23)13(22)12(21)9(3-19)29-17/h2,5,8-14,16-17,19-23H,3-4H2,1H3,(H,24,25)/t8-,9+,10?,11?,12+,13-,14+,16-,17-/m0/s1. The average molecular weight is 464 g/mol. The van der Waals surface area contributed by atoms with Crippen molar-refractivity contribution < 1.29 is 59.2 Å². The van der Waals surface area contributed by atoms with Gasteiger partial charge in [0.05, 0.1) is 30.5 Å². The number of carbonyl (C=O) groups is 2. The monoisotopic (exact) mass is 464 g/mol. The number of carboxylic acids is 1. The number of hydrogen-bond donors (Lipinski definition) is 6. The largest absolute Gasteiger partial charge is 0.478 e. The third-order valence-electron chi connectivity index (χ3n) is 5.44. The number of fused-ring (bicyclic) bond motifs is 1. The van der Waals surface area contributed by atoms with E-state index in [-0.39, 0.29) is 12.2 Å². The van der Waals surface area contributed by atoms with Crippen molar-refractivity contribution in [2.75, 3.05) is 19.5 Å². The van der Waals surface area contributed by atoms with Crippen molar-refractivity contribution in [1.29, 1.82) is 0 Å². The molecule has 3 rings (SSSR count). The number of hydrogen-bond acceptors (Lipinski definition) is 12. The summed E-state index contributed by atoms with van der Waals surface area (Å²) in [4.78, 5) is 23.1. The van der Waals surface area contributed by atoms with Gasteiger partial charge in [-0.2, -0.15) is 0 Å². The van der Waals surface area contributed by atoms with Crippen molar-refractivity contribution in [1.82, 2.24) is 0 Å². The van der Waals surface area contributed by atoms with Gasteiger partial charge in [-0.1, -0.05) is 6.08 Å². The summed E-state index contributed by atoms with van der Waals surface area (Å²) >= 11 is 0.829. The number of aliphatic carboxylic acids is 1. The summed E-state index contributed by atoms with van der Waals surface area (Å²) in [6.07, 6.45) is -6.52. The van der Waals surface area contributed by atoms with Crippen LogP contribution in [0.3, 0.4) is 0 Å². The number of ether oxygens (including phenoxy) is 4. The van der Waals surface area contributed by atoms with Gasteiger partial charge in [-0.05, 0) is 23.6 Å². The quantitative estimate of drug-likeness (QED) is 0.190. The van der Waals surface area contributed by atoms with Gasteiger partial charge in [0.25, 0.3) is 0 Å². The summed E-state index contributed by atoms with van der Waals surface area (Å²) in [7, 11) is 0. The summed E-state index contributed by atoms with van der Waals surface area (Å²) in [6.45, 7) is -0.928. The van der Waals surface area contributed by atoms with Crippen LogP contribution in [-0.4, -0.2) is 104 Å². The van der Waals surface area contributed by atoms with Gasteiger partial charge in [0.2, 0.25) is 6.29 Å². The van der Waals surface area contributed by atoms with E-state index < -0.39 is 72.8 Å². The van der Waals surface area contributed by atoms with Crippen LogP contribution in [0.2, 0.25) is 0 Å². The molecule has 3 aliphatic rings. The molecule has 1 fully saturated rings. The van der Waals surface area contributed by atoms with Crippen molar-refractivity contribution >= 4 is 23.0 Å². The summed E-state index contributed by atoms with van der Waals surface area (Å²) in [6, 6.07) is 0. The van der Waals surface area contributed by atoms with E-state index in [0.29, 0.717) is 5.57 Å². The van der Waals surface area contributed by atoms with E-state index in [1.165, 1.54) is 12.3 Å². The first-order chi connectivity index (χ1) is 14.7. The molecule has 0 aromatic heterocycles. The maximum atomic E-state index is 11.6. The molecule has 0 aromatic rings. The molecule has 9 atom stereocenters. The topological polar surface area (TPSA) is 192 Å². The maximum Gasteiger partial charge on any atom is 0.367 e. The molecule has 2 heterocycles. The lowest BCUT2D eigenvalue weighted by molar-refractivity contribution is -0.340. The Labute approximate surface area is 180 Å². The predicted molar refractivity (Wildman–Crippen MR) is 101 cm³/mol. The Kier molecular flexibility index (Phi) is 7.59. The second kappa shape index (κ2) is 9.83. The first-order valence-corrected chi connectivity index (χ1v) is 10.6. The van der Waals surface area contributed by atoms with Gasteiger partial charge in [-0.3, -0.25) is 0 Å². The second-order valence-electron chi connectivity index (χ2n) is 7.24. The summed E-state index contributed by atoms with van der Waals surface area (Å²) < 4.78 is 21.4. The van der Waals surface area contributed by atoms with Crippen LogP contribution in [-0.2, 0) is 23.7 Å². The number of rotatable bonds is 6. The molecule has 174 valence electrons. The van der Waals surface area contributed by atoms with Crippen molar-refractivity contribution in [3.63, 3.8) is 0 Å². The first-order valence-electron chi connectivity index (χ1n) is 9.33. The predicted octanol–water partition coefficient (Wildman–Crippen LogP) is -1.84. The van der Waals surface area contributed by atoms with Crippen molar-refractivity contribution in [2.45, 2.75) is 43.1 Å². The Hall–Kier alpha value is -1.71. The summed E-state index contributed by atoms with van der Waals surface area (Å²) in [5, 5.41) is 58.7. The molecule has 2 unspecified atom stereocenters. The minimum absolute atomic E-state index is 0.228. The molecule has 0 aromatic carbocycles. The van der Waals surface area contributed by atoms with E-state index in [2.05, 4.69) is 0 Å². The molecule has 13 heteroatoms. The lowest BCUT2D eigenvalue weighted by atomic mass is 9.82. The van der Waals surface area contributed by atoms with E-state index in [1.54, 1.807) is 0 Å². The molecule has 1 aliphatic carbocycles. The molecular weight excluding hydrogens is 440 g/mol. The van der Waals surface area contributed by atoms with Gasteiger partial charge in [0.1, 0.15) is 31.0 Å². The number of aliphatic hydroxyl groups is 5. The first kappa shape index (κ1) is 23.9. The fourth-order valence-electron chi connectivity index (χ4n) is 3.87. The molecule has 2 aliphatic heterocycles. The molecule has 31 heavy (non-hydrogen) atoms. The Morgan fingerprint density at radius 2 is 1.81 bits per heavy atom. The highest BCUT2D eigenvalue weighted by Gasteiger charge is 2.52. The third kappa shape index (κ3) is 4.73. The molecule has 0 bridgehead atoms. The molecule has 0 amide bonds. The van der Waals surface area contributed by atoms with Crippen molar-refractivity contribution in [3.8, 4) is 0 Å². The molecule has 0 spiro atoms. The Morgan fingerprint density at radius 3 is 2.42 bits per heavy atom. The Morgan fingerprint density at radius 1 is 1.10 bits per heavy atom. The van der Waals surface area contributed by atoms with Crippen molar-refractivity contribution in [3.05, 3.63) is 23.5 Å². The minimum atomic E-state index is -1.71. The molecule has 6 N–H and O–H groups in total. The minimum Gasteiger partial charge on any atom is -0.478 e. The fourth-order valence-corrected chi connectivity index (χ4v) is 4.05. The second-order valence-corrected chi connectivity index (χ2v) is 7.98. The van der Waals surface area contributed by atoms with Gasteiger partial charge in [-0.15, -0.1) is 0 Å². The summed E-state index contributed by atoms with van der Waals surface area (Å²) in [5.74, 6) is -3.24. The zero-order valence-electron chi connectivity index (χ0n) is 16.3. The molecular formula is C18H24O12S. The molecule has 1 saturated heterocycles. The van der Waals surface area contributed by atoms with Crippen LogP contribution in [0.25, 0.3) is 0 Å². The van der Waals surface area contributed by atoms with E-state index in [0.717, 1.165) is 18.0 Å². The SMILES string of the molecule is CSC(=O)OCC1=C[C@H](O)C2C(C(=O)O)=CO[C@@H](O[C@@H]3O[C@H](CO)[C@@H](O)[C@H](O)[C@H]3O)C12. The van der Waals surface area contributed by atoms with Crippen molar-refractivity contribution in [2.24, 2.45) is 11.8 Å². The number of thioether (sulfide) groups is 1. The summed E-state index contributed by atoms with van der Waals surface area (Å²) in [5.41, 5.74) is 0.106. The Bertz CT molecular complexity index is 752. The van der Waals surface area contributed by atoms with E-state index in [4.69, 9.17) is 18.9 Å². The van der Waals surface area contributed by atoms with E-state index in [1.807, 2.05) is 0 Å². The number of carbonyl (C=O) groups excluding carboxylic acids is 1. The zero-order valence-corrected chi connectivity index (χ0v) is 17.1. The fraction of sp³-hybridized carbons (Fsp3) is 0.667. The number of aliphatic hydroxyl groups excluding tert-OH is 5. The van der Waals surface area contributed by atoms with Crippen LogP contribution in [0.1, 0.15) is 0 Å². The van der Waals surface area contributed by atoms with Crippen LogP contribution >= 0.6 is 11.8 Å².